The topological polar surface area (TPSA) is 62.2 Å². The van der Waals surface area contributed by atoms with Gasteiger partial charge in [-0.15, -0.1) is 22.7 Å². The lowest BCUT2D eigenvalue weighted by Crippen LogP contribution is -2.15. The van der Waals surface area contributed by atoms with Crippen molar-refractivity contribution in [3.05, 3.63) is 58.5 Å². The Morgan fingerprint density at radius 3 is 2.91 bits per heavy atom. The van der Waals surface area contributed by atoms with Gasteiger partial charge in [-0.3, -0.25) is 4.79 Å². The maximum absolute atomic E-state index is 13.1. The Bertz CT molecular complexity index is 802. The number of thiazole rings is 1. The van der Waals surface area contributed by atoms with Gasteiger partial charge in [0.1, 0.15) is 5.82 Å². The number of benzene rings is 1. The number of aromatic nitrogens is 1. The molecule has 2 aromatic heterocycles. The minimum Gasteiger partial charge on any atom is -0.388 e. The maximum Gasteiger partial charge on any atom is 0.229 e. The van der Waals surface area contributed by atoms with E-state index in [0.717, 1.165) is 10.6 Å². The number of hydrogen-bond donors (Lipinski definition) is 2. The zero-order valence-corrected chi connectivity index (χ0v) is 13.5. The Morgan fingerprint density at radius 2 is 2.17 bits per heavy atom. The van der Waals surface area contributed by atoms with Crippen LogP contribution in [0.5, 0.6) is 0 Å². The van der Waals surface area contributed by atoms with E-state index >= 15 is 0 Å². The van der Waals surface area contributed by atoms with Crippen LogP contribution in [0, 0.1) is 5.82 Å². The van der Waals surface area contributed by atoms with Crippen LogP contribution in [-0.2, 0) is 4.79 Å². The van der Waals surface area contributed by atoms with Gasteiger partial charge in [0, 0.05) is 5.38 Å². The fourth-order valence-electron chi connectivity index (χ4n) is 2.05. The SMILES string of the molecule is O=C(CC(O)c1cccc(F)c1)Nc1nc(-c2cccs2)cs1. The van der Waals surface area contributed by atoms with Crippen molar-refractivity contribution in [1.82, 2.24) is 4.98 Å². The summed E-state index contributed by atoms with van der Waals surface area (Å²) in [6.07, 6.45) is -1.21. The van der Waals surface area contributed by atoms with Crippen molar-refractivity contribution in [1.29, 1.82) is 0 Å². The fourth-order valence-corrected chi connectivity index (χ4v) is 3.53. The molecule has 1 aromatic carbocycles. The predicted molar refractivity (Wildman–Crippen MR) is 90.0 cm³/mol. The number of amides is 1. The number of carbonyl (C=O) groups is 1. The van der Waals surface area contributed by atoms with Gasteiger partial charge in [0.05, 0.1) is 23.1 Å². The molecule has 1 unspecified atom stereocenters. The summed E-state index contributed by atoms with van der Waals surface area (Å²) in [6, 6.07) is 9.49. The monoisotopic (exact) mass is 348 g/mol. The van der Waals surface area contributed by atoms with Crippen molar-refractivity contribution >= 4 is 33.7 Å². The number of nitrogens with one attached hydrogen (secondary N) is 1. The summed E-state index contributed by atoms with van der Waals surface area (Å²) in [4.78, 5) is 17.4. The molecule has 0 aliphatic carbocycles. The zero-order valence-electron chi connectivity index (χ0n) is 11.9. The number of hydrogen-bond acceptors (Lipinski definition) is 5. The molecule has 7 heteroatoms. The lowest BCUT2D eigenvalue weighted by Gasteiger charge is -2.10. The molecule has 0 aliphatic rings. The van der Waals surface area contributed by atoms with Crippen LogP contribution in [0.3, 0.4) is 0 Å². The number of carbonyl (C=O) groups excluding carboxylic acids is 1. The molecule has 0 saturated heterocycles. The van der Waals surface area contributed by atoms with Crippen LogP contribution in [0.4, 0.5) is 9.52 Å². The second-order valence-corrected chi connectivity index (χ2v) is 6.64. The fraction of sp³-hybridized carbons (Fsp3) is 0.125. The quantitative estimate of drug-likeness (QED) is 0.730. The van der Waals surface area contributed by atoms with Crippen molar-refractivity contribution in [3.63, 3.8) is 0 Å². The largest absolute Gasteiger partial charge is 0.388 e. The lowest BCUT2D eigenvalue weighted by molar-refractivity contribution is -0.118. The first-order chi connectivity index (χ1) is 11.1. The first kappa shape index (κ1) is 15.8. The van der Waals surface area contributed by atoms with Gasteiger partial charge in [-0.1, -0.05) is 18.2 Å². The molecule has 0 fully saturated rings. The Morgan fingerprint density at radius 1 is 1.30 bits per heavy atom. The highest BCUT2D eigenvalue weighted by Gasteiger charge is 2.15. The first-order valence-corrected chi connectivity index (χ1v) is 8.60. The highest BCUT2D eigenvalue weighted by Crippen LogP contribution is 2.28. The first-order valence-electron chi connectivity index (χ1n) is 6.84. The van der Waals surface area contributed by atoms with Crippen molar-refractivity contribution < 1.29 is 14.3 Å². The predicted octanol–water partition coefficient (Wildman–Crippen LogP) is 4.07. The number of thiophene rings is 1. The molecule has 1 amide bonds. The van der Waals surface area contributed by atoms with E-state index in [9.17, 15) is 14.3 Å². The molecular formula is C16H13FN2O2S2. The van der Waals surface area contributed by atoms with Crippen molar-refractivity contribution in [3.8, 4) is 10.6 Å². The molecule has 2 N–H and O–H groups in total. The summed E-state index contributed by atoms with van der Waals surface area (Å²) in [5.41, 5.74) is 1.18. The molecule has 0 bridgehead atoms. The Hall–Kier alpha value is -2.09. The summed E-state index contributed by atoms with van der Waals surface area (Å²) in [5, 5.41) is 17.0. The van der Waals surface area contributed by atoms with E-state index in [4.69, 9.17) is 0 Å². The van der Waals surface area contributed by atoms with E-state index in [-0.39, 0.29) is 12.3 Å². The van der Waals surface area contributed by atoms with Gasteiger partial charge in [-0.25, -0.2) is 9.37 Å². The van der Waals surface area contributed by atoms with E-state index in [1.807, 2.05) is 22.9 Å². The minimum atomic E-state index is -1.05. The molecule has 23 heavy (non-hydrogen) atoms. The van der Waals surface area contributed by atoms with Gasteiger partial charge in [-0.2, -0.15) is 0 Å². The number of aliphatic hydroxyl groups excluding tert-OH is 1. The van der Waals surface area contributed by atoms with Crippen molar-refractivity contribution in [2.75, 3.05) is 5.32 Å². The second-order valence-electron chi connectivity index (χ2n) is 4.84. The normalized spacial score (nSPS) is 12.1. The molecule has 3 aromatic rings. The van der Waals surface area contributed by atoms with Crippen LogP contribution in [-0.4, -0.2) is 16.0 Å². The minimum absolute atomic E-state index is 0.155. The highest BCUT2D eigenvalue weighted by molar-refractivity contribution is 7.16. The second kappa shape index (κ2) is 6.99. The molecular weight excluding hydrogens is 335 g/mol. The van der Waals surface area contributed by atoms with E-state index in [0.29, 0.717) is 10.7 Å². The summed E-state index contributed by atoms with van der Waals surface area (Å²) >= 11 is 2.90. The summed E-state index contributed by atoms with van der Waals surface area (Å²) in [6.45, 7) is 0. The third kappa shape index (κ3) is 4.01. The number of aliphatic hydroxyl groups is 1. The number of anilines is 1. The molecule has 0 radical (unpaired) electrons. The average Bonchev–Trinajstić information content (AvgIpc) is 3.17. The Balaban J connectivity index is 1.61. The summed E-state index contributed by atoms with van der Waals surface area (Å²) in [5.74, 6) is -0.809. The summed E-state index contributed by atoms with van der Waals surface area (Å²) < 4.78 is 13.1. The van der Waals surface area contributed by atoms with Gasteiger partial charge in [-0.05, 0) is 29.1 Å². The smallest absolute Gasteiger partial charge is 0.229 e. The number of rotatable bonds is 5. The molecule has 3 rings (SSSR count). The number of nitrogens with zero attached hydrogens (tertiary/aromatic N) is 1. The molecule has 0 saturated carbocycles. The Kier molecular flexibility index (Phi) is 4.80. The molecule has 4 nitrogen and oxygen atoms in total. The zero-order chi connectivity index (χ0) is 16.2. The lowest BCUT2D eigenvalue weighted by atomic mass is 10.1. The van der Waals surface area contributed by atoms with E-state index < -0.39 is 11.9 Å². The van der Waals surface area contributed by atoms with Crippen molar-refractivity contribution in [2.24, 2.45) is 0 Å². The molecule has 118 valence electrons. The standard InChI is InChI=1S/C16H13FN2O2S2/c17-11-4-1-3-10(7-11)13(20)8-15(21)19-16-18-12(9-23-16)14-5-2-6-22-14/h1-7,9,13,20H,8H2,(H,18,19,21). The van der Waals surface area contributed by atoms with E-state index in [1.165, 1.54) is 29.5 Å². The van der Waals surface area contributed by atoms with Gasteiger partial charge >= 0.3 is 0 Å². The van der Waals surface area contributed by atoms with E-state index in [1.54, 1.807) is 17.4 Å². The van der Waals surface area contributed by atoms with E-state index in [2.05, 4.69) is 10.3 Å². The van der Waals surface area contributed by atoms with Crippen LogP contribution < -0.4 is 5.32 Å². The molecule has 0 spiro atoms. The van der Waals surface area contributed by atoms with Crippen LogP contribution in [0.25, 0.3) is 10.6 Å². The van der Waals surface area contributed by atoms with Gasteiger partial charge in [0.25, 0.3) is 0 Å². The van der Waals surface area contributed by atoms with Crippen LogP contribution in [0.2, 0.25) is 0 Å². The van der Waals surface area contributed by atoms with Gasteiger partial charge < -0.3 is 10.4 Å². The maximum atomic E-state index is 13.1. The average molecular weight is 348 g/mol. The third-order valence-corrected chi connectivity index (χ3v) is 4.79. The molecule has 0 aliphatic heterocycles. The van der Waals surface area contributed by atoms with Gasteiger partial charge in [0.2, 0.25) is 5.91 Å². The van der Waals surface area contributed by atoms with Crippen LogP contribution >= 0.6 is 22.7 Å². The highest BCUT2D eigenvalue weighted by atomic mass is 32.1. The number of halogens is 1. The summed E-state index contributed by atoms with van der Waals surface area (Å²) in [7, 11) is 0. The Labute approximate surface area is 140 Å². The van der Waals surface area contributed by atoms with Crippen LogP contribution in [0.1, 0.15) is 18.1 Å². The van der Waals surface area contributed by atoms with Gasteiger partial charge in [0.15, 0.2) is 5.13 Å². The molecule has 2 heterocycles. The van der Waals surface area contributed by atoms with Crippen molar-refractivity contribution in [2.45, 2.75) is 12.5 Å². The molecule has 1 atom stereocenters. The third-order valence-electron chi connectivity index (χ3n) is 3.14. The van der Waals surface area contributed by atoms with Crippen LogP contribution in [0.15, 0.2) is 47.2 Å².